The Morgan fingerprint density at radius 3 is 2.80 bits per heavy atom. The molecule has 4 rings (SSSR count). The van der Waals surface area contributed by atoms with Crippen molar-refractivity contribution in [3.8, 4) is 11.5 Å². The van der Waals surface area contributed by atoms with Crippen LogP contribution in [0.2, 0.25) is 0 Å². The lowest BCUT2D eigenvalue weighted by Crippen LogP contribution is -2.35. The quantitative estimate of drug-likeness (QED) is 0.836. The summed E-state index contributed by atoms with van der Waals surface area (Å²) in [6.45, 7) is 4.52. The molecule has 2 N–H and O–H groups in total. The number of fused-ring (bicyclic) bond motifs is 2. The first kappa shape index (κ1) is 12.0. The standard InChI is InChI=1S/C15H19N3O2/c1-9-6-10(2-3-16-9)15-17-11-7-13-14(8-12(11)18-15)20-5-4-19-13/h7-10,16H,2-6H2,1H3,(H,17,18). The van der Waals surface area contributed by atoms with Gasteiger partial charge in [-0.15, -0.1) is 0 Å². The summed E-state index contributed by atoms with van der Waals surface area (Å²) in [7, 11) is 0. The van der Waals surface area contributed by atoms with Crippen LogP contribution in [0.1, 0.15) is 31.5 Å². The molecular weight excluding hydrogens is 254 g/mol. The van der Waals surface area contributed by atoms with E-state index in [-0.39, 0.29) is 0 Å². The SMILES string of the molecule is CC1CC(c2nc3cc4c(cc3[nH]2)OCCO4)CCN1. The van der Waals surface area contributed by atoms with Crippen molar-refractivity contribution in [1.82, 2.24) is 15.3 Å². The highest BCUT2D eigenvalue weighted by Crippen LogP contribution is 2.35. The number of hydrogen-bond donors (Lipinski definition) is 2. The predicted molar refractivity (Wildman–Crippen MR) is 76.5 cm³/mol. The van der Waals surface area contributed by atoms with E-state index in [0.29, 0.717) is 25.2 Å². The summed E-state index contributed by atoms with van der Waals surface area (Å²) >= 11 is 0. The van der Waals surface area contributed by atoms with Crippen LogP contribution in [0.4, 0.5) is 0 Å². The molecule has 0 spiro atoms. The van der Waals surface area contributed by atoms with Gasteiger partial charge in [-0.3, -0.25) is 0 Å². The molecule has 20 heavy (non-hydrogen) atoms. The number of aromatic nitrogens is 2. The maximum atomic E-state index is 5.62. The normalized spacial score (nSPS) is 25.9. The van der Waals surface area contributed by atoms with Crippen LogP contribution in [0.5, 0.6) is 11.5 Å². The number of nitrogens with zero attached hydrogens (tertiary/aromatic N) is 1. The van der Waals surface area contributed by atoms with Crippen LogP contribution in [-0.2, 0) is 0 Å². The van der Waals surface area contributed by atoms with Gasteiger partial charge in [0.2, 0.25) is 0 Å². The maximum Gasteiger partial charge on any atom is 0.163 e. The summed E-state index contributed by atoms with van der Waals surface area (Å²) in [5.41, 5.74) is 2.01. The van der Waals surface area contributed by atoms with E-state index in [1.54, 1.807) is 0 Å². The Morgan fingerprint density at radius 1 is 1.20 bits per heavy atom. The fourth-order valence-electron chi connectivity index (χ4n) is 3.14. The molecule has 2 aliphatic heterocycles. The fraction of sp³-hybridized carbons (Fsp3) is 0.533. The molecule has 106 valence electrons. The third-order valence-corrected chi connectivity index (χ3v) is 4.17. The number of aromatic amines is 1. The zero-order valence-corrected chi connectivity index (χ0v) is 11.6. The molecular formula is C15H19N3O2. The molecule has 2 atom stereocenters. The van der Waals surface area contributed by atoms with Crippen LogP contribution in [-0.4, -0.2) is 35.8 Å². The van der Waals surface area contributed by atoms with Crippen molar-refractivity contribution < 1.29 is 9.47 Å². The molecule has 2 aliphatic rings. The number of rotatable bonds is 1. The van der Waals surface area contributed by atoms with Gasteiger partial charge in [-0.2, -0.15) is 0 Å². The van der Waals surface area contributed by atoms with Gasteiger partial charge >= 0.3 is 0 Å². The number of piperidine rings is 1. The van der Waals surface area contributed by atoms with E-state index >= 15 is 0 Å². The van der Waals surface area contributed by atoms with Gasteiger partial charge in [-0.25, -0.2) is 4.98 Å². The van der Waals surface area contributed by atoms with Crippen LogP contribution in [0.3, 0.4) is 0 Å². The van der Waals surface area contributed by atoms with E-state index in [1.165, 1.54) is 0 Å². The minimum Gasteiger partial charge on any atom is -0.486 e. The lowest BCUT2D eigenvalue weighted by Gasteiger charge is -2.26. The number of nitrogens with one attached hydrogen (secondary N) is 2. The monoisotopic (exact) mass is 273 g/mol. The molecule has 0 aliphatic carbocycles. The Kier molecular flexibility index (Phi) is 2.80. The molecule has 5 heteroatoms. The molecule has 0 saturated carbocycles. The summed E-state index contributed by atoms with van der Waals surface area (Å²) < 4.78 is 11.2. The van der Waals surface area contributed by atoms with Crippen molar-refractivity contribution in [3.63, 3.8) is 0 Å². The number of imidazole rings is 1. The third kappa shape index (κ3) is 2.02. The molecule has 1 aromatic carbocycles. The minimum atomic E-state index is 0.512. The van der Waals surface area contributed by atoms with E-state index in [2.05, 4.69) is 17.2 Å². The van der Waals surface area contributed by atoms with Gasteiger partial charge in [0, 0.05) is 24.1 Å². The van der Waals surface area contributed by atoms with Crippen molar-refractivity contribution in [2.75, 3.05) is 19.8 Å². The van der Waals surface area contributed by atoms with E-state index < -0.39 is 0 Å². The molecule has 0 radical (unpaired) electrons. The van der Waals surface area contributed by atoms with Gasteiger partial charge in [-0.1, -0.05) is 0 Å². The van der Waals surface area contributed by atoms with E-state index in [1.807, 2.05) is 12.1 Å². The zero-order valence-electron chi connectivity index (χ0n) is 11.6. The fourth-order valence-corrected chi connectivity index (χ4v) is 3.14. The average molecular weight is 273 g/mol. The summed E-state index contributed by atoms with van der Waals surface area (Å²) in [4.78, 5) is 8.22. The molecule has 3 heterocycles. The third-order valence-electron chi connectivity index (χ3n) is 4.17. The largest absolute Gasteiger partial charge is 0.486 e. The second-order valence-electron chi connectivity index (χ2n) is 5.71. The number of ether oxygens (including phenoxy) is 2. The number of benzene rings is 1. The molecule has 2 unspecified atom stereocenters. The van der Waals surface area contributed by atoms with Crippen LogP contribution in [0.15, 0.2) is 12.1 Å². The zero-order chi connectivity index (χ0) is 13.5. The highest BCUT2D eigenvalue weighted by Gasteiger charge is 2.23. The van der Waals surface area contributed by atoms with E-state index in [9.17, 15) is 0 Å². The summed E-state index contributed by atoms with van der Waals surface area (Å²) in [5, 5.41) is 3.48. The number of hydrogen-bond acceptors (Lipinski definition) is 4. The van der Waals surface area contributed by atoms with Gasteiger partial charge in [0.15, 0.2) is 11.5 Å². The molecule has 2 aromatic rings. The van der Waals surface area contributed by atoms with Crippen molar-refractivity contribution in [2.24, 2.45) is 0 Å². The predicted octanol–water partition coefficient (Wildman–Crippen LogP) is 2.19. The van der Waals surface area contributed by atoms with Crippen LogP contribution < -0.4 is 14.8 Å². The van der Waals surface area contributed by atoms with Crippen molar-refractivity contribution in [1.29, 1.82) is 0 Å². The molecule has 1 saturated heterocycles. The van der Waals surface area contributed by atoms with Gasteiger partial charge < -0.3 is 19.8 Å². The minimum absolute atomic E-state index is 0.512. The first-order valence-corrected chi connectivity index (χ1v) is 7.32. The smallest absolute Gasteiger partial charge is 0.163 e. The Hall–Kier alpha value is -1.75. The van der Waals surface area contributed by atoms with Gasteiger partial charge in [0.1, 0.15) is 19.0 Å². The maximum absolute atomic E-state index is 5.62. The lowest BCUT2D eigenvalue weighted by molar-refractivity contribution is 0.172. The highest BCUT2D eigenvalue weighted by atomic mass is 16.6. The van der Waals surface area contributed by atoms with E-state index in [4.69, 9.17) is 14.5 Å². The first-order valence-electron chi connectivity index (χ1n) is 7.32. The van der Waals surface area contributed by atoms with Gasteiger partial charge in [0.25, 0.3) is 0 Å². The Balaban J connectivity index is 1.71. The van der Waals surface area contributed by atoms with Crippen molar-refractivity contribution in [2.45, 2.75) is 31.7 Å². The van der Waals surface area contributed by atoms with Crippen molar-refractivity contribution in [3.05, 3.63) is 18.0 Å². The second kappa shape index (κ2) is 4.66. The Labute approximate surface area is 117 Å². The van der Waals surface area contributed by atoms with E-state index in [0.717, 1.165) is 47.7 Å². The summed E-state index contributed by atoms with van der Waals surface area (Å²) in [6, 6.07) is 4.54. The molecule has 1 fully saturated rings. The molecule has 1 aromatic heterocycles. The first-order chi connectivity index (χ1) is 9.79. The lowest BCUT2D eigenvalue weighted by atomic mass is 9.93. The average Bonchev–Trinajstić information content (AvgIpc) is 2.87. The van der Waals surface area contributed by atoms with Crippen molar-refractivity contribution >= 4 is 11.0 Å². The second-order valence-corrected chi connectivity index (χ2v) is 5.71. The van der Waals surface area contributed by atoms with Crippen LogP contribution in [0, 0.1) is 0 Å². The van der Waals surface area contributed by atoms with Gasteiger partial charge in [-0.05, 0) is 26.3 Å². The Morgan fingerprint density at radius 2 is 2.00 bits per heavy atom. The molecule has 0 amide bonds. The topological polar surface area (TPSA) is 59.2 Å². The highest BCUT2D eigenvalue weighted by molar-refractivity contribution is 5.80. The Bertz CT molecular complexity index is 594. The van der Waals surface area contributed by atoms with Gasteiger partial charge in [0.05, 0.1) is 11.0 Å². The summed E-state index contributed by atoms with van der Waals surface area (Å²) in [6.07, 6.45) is 2.27. The molecule has 0 bridgehead atoms. The summed E-state index contributed by atoms with van der Waals surface area (Å²) in [5.74, 6) is 3.23. The van der Waals surface area contributed by atoms with Crippen LogP contribution in [0.25, 0.3) is 11.0 Å². The number of H-pyrrole nitrogens is 1. The molecule has 5 nitrogen and oxygen atoms in total. The van der Waals surface area contributed by atoms with Crippen LogP contribution >= 0.6 is 0 Å².